The standard InChI is InChI=1S/C14H26N4O3S/c1-15-14(16-7-9-21-10-11-22(4,19)20)18(3)12-13-6-5-8-17(13)2/h5-6,8H,7,9-12H2,1-4H3,(H,15,16). The van der Waals surface area contributed by atoms with Gasteiger partial charge >= 0.3 is 0 Å². The Bertz CT molecular complexity index is 581. The third-order valence-corrected chi connectivity index (χ3v) is 4.06. The van der Waals surface area contributed by atoms with Crippen molar-refractivity contribution in [1.29, 1.82) is 0 Å². The van der Waals surface area contributed by atoms with Gasteiger partial charge in [-0.3, -0.25) is 4.99 Å². The zero-order valence-electron chi connectivity index (χ0n) is 13.7. The van der Waals surface area contributed by atoms with Crippen LogP contribution in [0.15, 0.2) is 23.3 Å². The molecule has 0 saturated heterocycles. The maximum atomic E-state index is 11.0. The third kappa shape index (κ3) is 6.95. The molecule has 0 unspecified atom stereocenters. The highest BCUT2D eigenvalue weighted by Gasteiger charge is 2.08. The van der Waals surface area contributed by atoms with Gasteiger partial charge in [0.25, 0.3) is 0 Å². The van der Waals surface area contributed by atoms with Gasteiger partial charge in [-0.05, 0) is 12.1 Å². The monoisotopic (exact) mass is 330 g/mol. The SMILES string of the molecule is CN=C(NCCOCCS(C)(=O)=O)N(C)Cc1cccn1C. The molecule has 0 atom stereocenters. The highest BCUT2D eigenvalue weighted by Crippen LogP contribution is 2.03. The molecule has 0 spiro atoms. The fourth-order valence-electron chi connectivity index (χ4n) is 1.91. The predicted octanol–water partition coefficient (Wildman–Crippen LogP) is 0.0935. The normalized spacial score (nSPS) is 12.5. The van der Waals surface area contributed by atoms with E-state index in [-0.39, 0.29) is 12.4 Å². The number of aliphatic imine (C=N–C) groups is 1. The summed E-state index contributed by atoms with van der Waals surface area (Å²) in [6.45, 7) is 1.98. The van der Waals surface area contributed by atoms with E-state index in [0.717, 1.165) is 12.5 Å². The minimum absolute atomic E-state index is 0.0507. The smallest absolute Gasteiger partial charge is 0.193 e. The molecule has 126 valence electrons. The fourth-order valence-corrected chi connectivity index (χ4v) is 2.33. The van der Waals surface area contributed by atoms with Crippen LogP contribution in [0.25, 0.3) is 0 Å². The van der Waals surface area contributed by atoms with Crippen LogP contribution in [0, 0.1) is 0 Å². The topological polar surface area (TPSA) is 75.9 Å². The number of aromatic nitrogens is 1. The van der Waals surface area contributed by atoms with Crippen LogP contribution >= 0.6 is 0 Å². The zero-order chi connectivity index (χ0) is 16.6. The quantitative estimate of drug-likeness (QED) is 0.415. The minimum Gasteiger partial charge on any atom is -0.379 e. The first-order valence-corrected chi connectivity index (χ1v) is 9.17. The molecular weight excluding hydrogens is 304 g/mol. The van der Waals surface area contributed by atoms with Gasteiger partial charge in [0.05, 0.1) is 25.5 Å². The lowest BCUT2D eigenvalue weighted by molar-refractivity contribution is 0.153. The molecule has 1 rings (SSSR count). The van der Waals surface area contributed by atoms with Gasteiger partial charge in [0, 0.05) is 45.8 Å². The Balaban J connectivity index is 2.29. The first-order chi connectivity index (χ1) is 10.3. The molecular formula is C14H26N4O3S. The molecule has 1 aromatic rings. The van der Waals surface area contributed by atoms with Crippen LogP contribution in [0.4, 0.5) is 0 Å². The minimum atomic E-state index is -2.96. The molecule has 22 heavy (non-hydrogen) atoms. The van der Waals surface area contributed by atoms with Gasteiger partial charge in [-0.2, -0.15) is 0 Å². The first-order valence-electron chi connectivity index (χ1n) is 7.11. The molecule has 0 saturated carbocycles. The van der Waals surface area contributed by atoms with E-state index in [2.05, 4.69) is 20.9 Å². The second-order valence-electron chi connectivity index (χ2n) is 5.18. The van der Waals surface area contributed by atoms with Gasteiger partial charge in [-0.25, -0.2) is 8.42 Å². The van der Waals surface area contributed by atoms with Crippen LogP contribution in [0.1, 0.15) is 5.69 Å². The third-order valence-electron chi connectivity index (χ3n) is 3.15. The van der Waals surface area contributed by atoms with Crippen LogP contribution in [-0.4, -0.2) is 69.7 Å². The molecule has 1 N–H and O–H groups in total. The van der Waals surface area contributed by atoms with Crippen LogP contribution in [0.5, 0.6) is 0 Å². The number of rotatable bonds is 8. The van der Waals surface area contributed by atoms with Gasteiger partial charge in [0.1, 0.15) is 9.84 Å². The van der Waals surface area contributed by atoms with E-state index in [1.165, 1.54) is 11.9 Å². The number of hydrogen-bond donors (Lipinski definition) is 1. The van der Waals surface area contributed by atoms with Crippen molar-refractivity contribution in [2.45, 2.75) is 6.54 Å². The van der Waals surface area contributed by atoms with Crippen molar-refractivity contribution in [3.8, 4) is 0 Å². The fraction of sp³-hybridized carbons (Fsp3) is 0.643. The molecule has 7 nitrogen and oxygen atoms in total. The van der Waals surface area contributed by atoms with E-state index in [9.17, 15) is 8.42 Å². The van der Waals surface area contributed by atoms with Crippen molar-refractivity contribution in [1.82, 2.24) is 14.8 Å². The lowest BCUT2D eigenvalue weighted by Gasteiger charge is -2.22. The van der Waals surface area contributed by atoms with E-state index in [1.54, 1.807) is 7.05 Å². The second-order valence-corrected chi connectivity index (χ2v) is 7.44. The van der Waals surface area contributed by atoms with Crippen molar-refractivity contribution in [3.63, 3.8) is 0 Å². The number of aryl methyl sites for hydroxylation is 1. The van der Waals surface area contributed by atoms with E-state index in [0.29, 0.717) is 13.2 Å². The number of sulfone groups is 1. The molecule has 0 radical (unpaired) electrons. The molecule has 0 aliphatic rings. The Labute approximate surface area is 132 Å². The van der Waals surface area contributed by atoms with Crippen LogP contribution in [0.3, 0.4) is 0 Å². The summed E-state index contributed by atoms with van der Waals surface area (Å²) in [5.74, 6) is 0.822. The summed E-state index contributed by atoms with van der Waals surface area (Å²) in [6.07, 6.45) is 3.21. The van der Waals surface area contributed by atoms with E-state index in [4.69, 9.17) is 4.74 Å². The summed E-state index contributed by atoms with van der Waals surface area (Å²) in [5.41, 5.74) is 1.19. The van der Waals surface area contributed by atoms with Crippen molar-refractivity contribution in [3.05, 3.63) is 24.0 Å². The number of hydrogen-bond acceptors (Lipinski definition) is 4. The van der Waals surface area contributed by atoms with Crippen molar-refractivity contribution < 1.29 is 13.2 Å². The summed E-state index contributed by atoms with van der Waals surface area (Å²) in [7, 11) is 2.75. The second kappa shape index (κ2) is 8.79. The molecule has 0 aromatic carbocycles. The van der Waals surface area contributed by atoms with Gasteiger partial charge < -0.3 is 19.5 Å². The molecule has 0 aliphatic heterocycles. The van der Waals surface area contributed by atoms with Crippen molar-refractivity contribution in [2.75, 3.05) is 45.9 Å². The van der Waals surface area contributed by atoms with Crippen LogP contribution < -0.4 is 5.32 Å². The zero-order valence-corrected chi connectivity index (χ0v) is 14.6. The van der Waals surface area contributed by atoms with Crippen LogP contribution in [0.2, 0.25) is 0 Å². The Morgan fingerprint density at radius 1 is 1.45 bits per heavy atom. The van der Waals surface area contributed by atoms with Gasteiger partial charge in [0.2, 0.25) is 0 Å². The van der Waals surface area contributed by atoms with Gasteiger partial charge in [-0.15, -0.1) is 0 Å². The average molecular weight is 330 g/mol. The summed E-state index contributed by atoms with van der Waals surface area (Å²) >= 11 is 0. The van der Waals surface area contributed by atoms with E-state index >= 15 is 0 Å². The molecule has 8 heteroatoms. The van der Waals surface area contributed by atoms with E-state index in [1.807, 2.05) is 31.3 Å². The molecule has 0 amide bonds. The lowest BCUT2D eigenvalue weighted by atomic mass is 10.4. The molecule has 1 aromatic heterocycles. The lowest BCUT2D eigenvalue weighted by Crippen LogP contribution is -2.40. The number of nitrogens with zero attached hydrogens (tertiary/aromatic N) is 3. The Hall–Kier alpha value is -1.54. The number of ether oxygens (including phenoxy) is 1. The molecule has 0 fully saturated rings. The summed E-state index contributed by atoms with van der Waals surface area (Å²) < 4.78 is 29.3. The molecule has 1 heterocycles. The largest absolute Gasteiger partial charge is 0.379 e. The predicted molar refractivity (Wildman–Crippen MR) is 88.8 cm³/mol. The van der Waals surface area contributed by atoms with E-state index < -0.39 is 9.84 Å². The Morgan fingerprint density at radius 2 is 2.18 bits per heavy atom. The highest BCUT2D eigenvalue weighted by atomic mass is 32.2. The number of nitrogens with one attached hydrogen (secondary N) is 1. The number of guanidine groups is 1. The average Bonchev–Trinajstić information content (AvgIpc) is 2.82. The van der Waals surface area contributed by atoms with Crippen LogP contribution in [-0.2, 0) is 28.2 Å². The highest BCUT2D eigenvalue weighted by molar-refractivity contribution is 7.90. The van der Waals surface area contributed by atoms with Gasteiger partial charge in [0.15, 0.2) is 5.96 Å². The summed E-state index contributed by atoms with van der Waals surface area (Å²) in [5, 5.41) is 3.19. The van der Waals surface area contributed by atoms with Crippen molar-refractivity contribution >= 4 is 15.8 Å². The molecule has 0 bridgehead atoms. The maximum Gasteiger partial charge on any atom is 0.193 e. The maximum absolute atomic E-state index is 11.0. The Morgan fingerprint density at radius 3 is 2.73 bits per heavy atom. The summed E-state index contributed by atoms with van der Waals surface area (Å²) in [4.78, 5) is 6.25. The van der Waals surface area contributed by atoms with Gasteiger partial charge in [-0.1, -0.05) is 0 Å². The Kier molecular flexibility index (Phi) is 7.40. The van der Waals surface area contributed by atoms with Crippen molar-refractivity contribution in [2.24, 2.45) is 12.0 Å². The molecule has 0 aliphatic carbocycles. The summed E-state index contributed by atoms with van der Waals surface area (Å²) in [6, 6.07) is 4.08. The first kappa shape index (κ1) is 18.5.